The van der Waals surface area contributed by atoms with Crippen LogP contribution in [0.2, 0.25) is 0 Å². The first-order valence-corrected chi connectivity index (χ1v) is 8.61. The number of benzene rings is 1. The second kappa shape index (κ2) is 8.98. The molecule has 0 saturated heterocycles. The molecule has 0 radical (unpaired) electrons. The lowest BCUT2D eigenvalue weighted by Crippen LogP contribution is -2.02. The van der Waals surface area contributed by atoms with Crippen molar-refractivity contribution in [1.82, 2.24) is 14.8 Å². The average Bonchev–Trinajstić information content (AvgIpc) is 3.20. The monoisotopic (exact) mass is 385 g/mol. The SMILES string of the molecule is COC(=O)CCc1cccc(OCc2cnn(-c3cc(OC)ncc3F)c2)c1. The van der Waals surface area contributed by atoms with Gasteiger partial charge in [0.15, 0.2) is 5.82 Å². The van der Waals surface area contributed by atoms with Gasteiger partial charge >= 0.3 is 5.97 Å². The summed E-state index contributed by atoms with van der Waals surface area (Å²) in [5, 5.41) is 4.17. The molecular weight excluding hydrogens is 365 g/mol. The summed E-state index contributed by atoms with van der Waals surface area (Å²) in [5.41, 5.74) is 1.99. The third-order valence-corrected chi connectivity index (χ3v) is 4.05. The Kier molecular flexibility index (Phi) is 6.21. The van der Waals surface area contributed by atoms with Crippen molar-refractivity contribution in [3.05, 3.63) is 65.9 Å². The lowest BCUT2D eigenvalue weighted by Gasteiger charge is -2.07. The minimum atomic E-state index is -0.505. The molecule has 0 aliphatic carbocycles. The first kappa shape index (κ1) is 19.3. The van der Waals surface area contributed by atoms with Crippen molar-refractivity contribution in [3.63, 3.8) is 0 Å². The van der Waals surface area contributed by atoms with Gasteiger partial charge in [-0.2, -0.15) is 5.10 Å². The highest BCUT2D eigenvalue weighted by Gasteiger charge is 2.10. The minimum Gasteiger partial charge on any atom is -0.489 e. The predicted octanol–water partition coefficient (Wildman–Crippen LogP) is 3.10. The molecule has 0 atom stereocenters. The molecule has 0 aliphatic heterocycles. The number of pyridine rings is 1. The van der Waals surface area contributed by atoms with Gasteiger partial charge in [-0.05, 0) is 24.1 Å². The molecule has 0 bridgehead atoms. The van der Waals surface area contributed by atoms with E-state index in [2.05, 4.69) is 14.8 Å². The maximum atomic E-state index is 14.0. The first-order valence-electron chi connectivity index (χ1n) is 8.61. The second-order valence-electron chi connectivity index (χ2n) is 5.98. The molecule has 0 fully saturated rings. The molecule has 0 saturated carbocycles. The molecule has 28 heavy (non-hydrogen) atoms. The van der Waals surface area contributed by atoms with Crippen LogP contribution in [0.5, 0.6) is 11.6 Å². The number of ether oxygens (including phenoxy) is 3. The van der Waals surface area contributed by atoms with Crippen molar-refractivity contribution in [2.45, 2.75) is 19.4 Å². The number of esters is 1. The number of hydrogen-bond donors (Lipinski definition) is 0. The molecule has 0 amide bonds. The Labute approximate surface area is 161 Å². The molecule has 8 heteroatoms. The van der Waals surface area contributed by atoms with E-state index in [1.54, 1.807) is 12.4 Å². The van der Waals surface area contributed by atoms with E-state index in [9.17, 15) is 9.18 Å². The van der Waals surface area contributed by atoms with Crippen LogP contribution in [0.15, 0.2) is 48.9 Å². The summed E-state index contributed by atoms with van der Waals surface area (Å²) < 4.78 is 30.9. The Morgan fingerprint density at radius 2 is 2.04 bits per heavy atom. The highest BCUT2D eigenvalue weighted by molar-refractivity contribution is 5.69. The number of aryl methyl sites for hydroxylation is 1. The van der Waals surface area contributed by atoms with Gasteiger partial charge in [0, 0.05) is 24.2 Å². The Morgan fingerprint density at radius 1 is 1.18 bits per heavy atom. The predicted molar refractivity (Wildman–Crippen MR) is 99.0 cm³/mol. The standard InChI is InChI=1S/C20H20FN3O4/c1-26-19-9-18(17(21)11-22-19)24-12-15(10-23-24)13-28-16-5-3-4-14(8-16)6-7-20(25)27-2/h3-5,8-12H,6-7,13H2,1-2H3. The normalized spacial score (nSPS) is 10.5. The number of methoxy groups -OCH3 is 2. The number of aromatic nitrogens is 3. The van der Waals surface area contributed by atoms with E-state index in [-0.39, 0.29) is 18.3 Å². The number of nitrogens with zero attached hydrogens (tertiary/aromatic N) is 3. The third-order valence-electron chi connectivity index (χ3n) is 4.05. The van der Waals surface area contributed by atoms with E-state index >= 15 is 0 Å². The zero-order valence-corrected chi connectivity index (χ0v) is 15.6. The fraction of sp³-hybridized carbons (Fsp3) is 0.250. The van der Waals surface area contributed by atoms with Crippen LogP contribution in [0.25, 0.3) is 5.69 Å². The van der Waals surface area contributed by atoms with Crippen LogP contribution in [-0.4, -0.2) is 35.0 Å². The molecule has 0 N–H and O–H groups in total. The highest BCUT2D eigenvalue weighted by Crippen LogP contribution is 2.19. The van der Waals surface area contributed by atoms with Crippen molar-refractivity contribution in [2.75, 3.05) is 14.2 Å². The van der Waals surface area contributed by atoms with Crippen LogP contribution in [0.4, 0.5) is 4.39 Å². The van der Waals surface area contributed by atoms with Gasteiger partial charge in [0.05, 0.1) is 26.6 Å². The summed E-state index contributed by atoms with van der Waals surface area (Å²) in [6.45, 7) is 0.268. The van der Waals surface area contributed by atoms with Gasteiger partial charge in [-0.3, -0.25) is 4.79 Å². The summed E-state index contributed by atoms with van der Waals surface area (Å²) in [6.07, 6.45) is 5.26. The Morgan fingerprint density at radius 3 is 2.82 bits per heavy atom. The van der Waals surface area contributed by atoms with E-state index in [1.165, 1.54) is 25.0 Å². The molecule has 3 rings (SSSR count). The van der Waals surface area contributed by atoms with Crippen LogP contribution < -0.4 is 9.47 Å². The van der Waals surface area contributed by atoms with Crippen molar-refractivity contribution in [2.24, 2.45) is 0 Å². The second-order valence-corrected chi connectivity index (χ2v) is 5.98. The molecular formula is C20H20FN3O4. The van der Waals surface area contributed by atoms with Crippen molar-refractivity contribution in [3.8, 4) is 17.3 Å². The van der Waals surface area contributed by atoms with Gasteiger partial charge < -0.3 is 14.2 Å². The van der Waals surface area contributed by atoms with Gasteiger partial charge in [-0.15, -0.1) is 0 Å². The molecule has 2 aromatic heterocycles. The molecule has 2 heterocycles. The fourth-order valence-electron chi connectivity index (χ4n) is 2.57. The maximum absolute atomic E-state index is 14.0. The van der Waals surface area contributed by atoms with E-state index in [0.717, 1.165) is 17.3 Å². The van der Waals surface area contributed by atoms with E-state index < -0.39 is 5.82 Å². The first-order chi connectivity index (χ1) is 13.6. The molecule has 0 unspecified atom stereocenters. The Bertz CT molecular complexity index is 958. The van der Waals surface area contributed by atoms with Crippen LogP contribution in [0.3, 0.4) is 0 Å². The van der Waals surface area contributed by atoms with Crippen LogP contribution in [0.1, 0.15) is 17.5 Å². The van der Waals surface area contributed by atoms with Crippen LogP contribution in [-0.2, 0) is 22.6 Å². The highest BCUT2D eigenvalue weighted by atomic mass is 19.1. The Balaban J connectivity index is 1.64. The topological polar surface area (TPSA) is 75.5 Å². The maximum Gasteiger partial charge on any atom is 0.305 e. The molecule has 3 aromatic rings. The largest absolute Gasteiger partial charge is 0.489 e. The third kappa shape index (κ3) is 4.85. The molecule has 0 spiro atoms. The van der Waals surface area contributed by atoms with Crippen molar-refractivity contribution < 1.29 is 23.4 Å². The molecule has 7 nitrogen and oxygen atoms in total. The Hall–Kier alpha value is -3.42. The lowest BCUT2D eigenvalue weighted by atomic mass is 10.1. The van der Waals surface area contributed by atoms with Gasteiger partial charge in [0.1, 0.15) is 18.0 Å². The fourth-order valence-corrected chi connectivity index (χ4v) is 2.57. The average molecular weight is 385 g/mol. The molecule has 0 aliphatic rings. The smallest absolute Gasteiger partial charge is 0.305 e. The summed E-state index contributed by atoms with van der Waals surface area (Å²) >= 11 is 0. The molecule has 1 aromatic carbocycles. The zero-order valence-electron chi connectivity index (χ0n) is 15.6. The van der Waals surface area contributed by atoms with Gasteiger partial charge in [0.2, 0.25) is 5.88 Å². The van der Waals surface area contributed by atoms with Crippen LogP contribution in [0, 0.1) is 5.82 Å². The summed E-state index contributed by atoms with van der Waals surface area (Å²) in [6, 6.07) is 8.97. The van der Waals surface area contributed by atoms with Crippen molar-refractivity contribution in [1.29, 1.82) is 0 Å². The van der Waals surface area contributed by atoms with E-state index in [4.69, 9.17) is 9.47 Å². The molecule has 146 valence electrons. The zero-order chi connectivity index (χ0) is 19.9. The van der Waals surface area contributed by atoms with Gasteiger partial charge in [-0.25, -0.2) is 14.1 Å². The van der Waals surface area contributed by atoms with E-state index in [1.807, 2.05) is 24.3 Å². The quantitative estimate of drug-likeness (QED) is 0.555. The summed E-state index contributed by atoms with van der Waals surface area (Å²) in [7, 11) is 2.83. The van der Waals surface area contributed by atoms with Gasteiger partial charge in [-0.1, -0.05) is 12.1 Å². The van der Waals surface area contributed by atoms with Gasteiger partial charge in [0.25, 0.3) is 0 Å². The summed E-state index contributed by atoms with van der Waals surface area (Å²) in [4.78, 5) is 15.1. The van der Waals surface area contributed by atoms with Crippen LogP contribution >= 0.6 is 0 Å². The van der Waals surface area contributed by atoms with E-state index in [0.29, 0.717) is 24.5 Å². The summed E-state index contributed by atoms with van der Waals surface area (Å²) in [5.74, 6) is 0.216. The number of rotatable bonds is 8. The number of carbonyl (C=O) groups excluding carboxylic acids is 1. The van der Waals surface area contributed by atoms with Crippen molar-refractivity contribution >= 4 is 5.97 Å². The minimum absolute atomic E-state index is 0.239. The lowest BCUT2D eigenvalue weighted by molar-refractivity contribution is -0.140. The number of halogens is 1. The number of carbonyl (C=O) groups is 1. The number of hydrogen-bond acceptors (Lipinski definition) is 6.